The molecule has 0 unspecified atom stereocenters. The lowest BCUT2D eigenvalue weighted by molar-refractivity contribution is 0.0697. The van der Waals surface area contributed by atoms with E-state index in [-0.39, 0.29) is 23.5 Å². The van der Waals surface area contributed by atoms with Gasteiger partial charge in [-0.1, -0.05) is 6.92 Å². The normalized spacial score (nSPS) is 20.8. The lowest BCUT2D eigenvalue weighted by Gasteiger charge is -2.28. The summed E-state index contributed by atoms with van der Waals surface area (Å²) in [5.41, 5.74) is 0.393. The Hall–Kier alpha value is -1.43. The molecular formula is C14H18FNO3S. The first kappa shape index (κ1) is 15.0. The van der Waals surface area contributed by atoms with Crippen molar-refractivity contribution in [3.63, 3.8) is 0 Å². The molecule has 0 aliphatic carbocycles. The molecule has 1 saturated heterocycles. The average molecular weight is 299 g/mol. The predicted molar refractivity (Wildman–Crippen MR) is 74.8 cm³/mol. The standard InChI is InChI=1S/C14H18FNO3S/c1-2-8-16(13-7-9-20(18,19)10-13)14(17)11-3-5-12(15)6-4-11/h3-6,13H,2,7-10H2,1H3/t13-/m1/s1. The van der Waals surface area contributed by atoms with Crippen molar-refractivity contribution in [3.05, 3.63) is 35.6 Å². The van der Waals surface area contributed by atoms with E-state index in [1.54, 1.807) is 4.90 Å². The van der Waals surface area contributed by atoms with Crippen LogP contribution in [0.15, 0.2) is 24.3 Å². The highest BCUT2D eigenvalue weighted by Crippen LogP contribution is 2.20. The molecule has 0 saturated carbocycles. The number of carbonyl (C=O) groups excluding carboxylic acids is 1. The average Bonchev–Trinajstić information content (AvgIpc) is 2.76. The summed E-state index contributed by atoms with van der Waals surface area (Å²) in [6.45, 7) is 2.45. The summed E-state index contributed by atoms with van der Waals surface area (Å²) in [5.74, 6) is -0.463. The second kappa shape index (κ2) is 5.91. The Labute approximate surface area is 118 Å². The molecule has 0 bridgehead atoms. The molecule has 1 aliphatic heterocycles. The van der Waals surface area contributed by atoms with Crippen molar-refractivity contribution in [2.24, 2.45) is 0 Å². The van der Waals surface area contributed by atoms with Gasteiger partial charge in [-0.05, 0) is 37.1 Å². The van der Waals surface area contributed by atoms with Crippen LogP contribution in [0.4, 0.5) is 4.39 Å². The van der Waals surface area contributed by atoms with Gasteiger partial charge in [-0.25, -0.2) is 12.8 Å². The molecule has 1 amide bonds. The minimum absolute atomic E-state index is 0.0277. The first-order valence-electron chi connectivity index (χ1n) is 6.70. The molecule has 4 nitrogen and oxygen atoms in total. The molecule has 1 aliphatic rings. The maximum Gasteiger partial charge on any atom is 0.254 e. The Bertz CT molecular complexity index is 583. The zero-order valence-electron chi connectivity index (χ0n) is 11.4. The van der Waals surface area contributed by atoms with E-state index in [2.05, 4.69) is 0 Å². The molecule has 0 radical (unpaired) electrons. The Kier molecular flexibility index (Phi) is 4.42. The van der Waals surface area contributed by atoms with Crippen LogP contribution in [-0.2, 0) is 9.84 Å². The van der Waals surface area contributed by atoms with E-state index in [9.17, 15) is 17.6 Å². The largest absolute Gasteiger partial charge is 0.335 e. The minimum Gasteiger partial charge on any atom is -0.335 e. The van der Waals surface area contributed by atoms with Crippen LogP contribution < -0.4 is 0 Å². The fourth-order valence-corrected chi connectivity index (χ4v) is 4.20. The summed E-state index contributed by atoms with van der Waals surface area (Å²) in [4.78, 5) is 14.1. The highest BCUT2D eigenvalue weighted by Gasteiger charge is 2.34. The maximum atomic E-state index is 12.9. The molecule has 0 spiro atoms. The number of sulfone groups is 1. The molecule has 0 N–H and O–H groups in total. The SMILES string of the molecule is CCCN(C(=O)c1ccc(F)cc1)[C@@H]1CCS(=O)(=O)C1. The monoisotopic (exact) mass is 299 g/mol. The Morgan fingerprint density at radius 2 is 2.00 bits per heavy atom. The number of nitrogens with zero attached hydrogens (tertiary/aromatic N) is 1. The second-order valence-corrected chi connectivity index (χ2v) is 7.29. The van der Waals surface area contributed by atoms with Crippen molar-refractivity contribution < 1.29 is 17.6 Å². The fourth-order valence-electron chi connectivity index (χ4n) is 2.47. The van der Waals surface area contributed by atoms with E-state index in [0.717, 1.165) is 6.42 Å². The third kappa shape index (κ3) is 3.36. The number of rotatable bonds is 4. The molecule has 20 heavy (non-hydrogen) atoms. The number of carbonyl (C=O) groups is 1. The number of benzene rings is 1. The Morgan fingerprint density at radius 1 is 1.35 bits per heavy atom. The van der Waals surface area contributed by atoms with E-state index < -0.39 is 15.7 Å². The van der Waals surface area contributed by atoms with Crippen molar-refractivity contribution in [2.75, 3.05) is 18.1 Å². The first-order valence-corrected chi connectivity index (χ1v) is 8.52. The van der Waals surface area contributed by atoms with Crippen molar-refractivity contribution in [2.45, 2.75) is 25.8 Å². The van der Waals surface area contributed by atoms with Crippen molar-refractivity contribution in [1.29, 1.82) is 0 Å². The minimum atomic E-state index is -3.04. The van der Waals surface area contributed by atoms with E-state index in [0.29, 0.717) is 18.5 Å². The summed E-state index contributed by atoms with van der Waals surface area (Å²) in [7, 11) is -3.04. The van der Waals surface area contributed by atoms with E-state index >= 15 is 0 Å². The number of amides is 1. The van der Waals surface area contributed by atoms with Gasteiger partial charge in [-0.2, -0.15) is 0 Å². The highest BCUT2D eigenvalue weighted by molar-refractivity contribution is 7.91. The summed E-state index contributed by atoms with van der Waals surface area (Å²) in [6, 6.07) is 5.08. The molecule has 1 aromatic carbocycles. The van der Waals surface area contributed by atoms with Gasteiger partial charge in [-0.3, -0.25) is 4.79 Å². The zero-order chi connectivity index (χ0) is 14.8. The van der Waals surface area contributed by atoms with Gasteiger partial charge in [0.05, 0.1) is 11.5 Å². The first-order chi connectivity index (χ1) is 9.43. The highest BCUT2D eigenvalue weighted by atomic mass is 32.2. The van der Waals surface area contributed by atoms with Gasteiger partial charge in [-0.15, -0.1) is 0 Å². The lowest BCUT2D eigenvalue weighted by Crippen LogP contribution is -2.41. The van der Waals surface area contributed by atoms with Crippen LogP contribution in [0.25, 0.3) is 0 Å². The predicted octanol–water partition coefficient (Wildman–Crippen LogP) is 1.86. The molecular weight excluding hydrogens is 281 g/mol. The van der Waals surface area contributed by atoms with Gasteiger partial charge in [0.1, 0.15) is 5.82 Å². The van der Waals surface area contributed by atoms with Crippen LogP contribution in [-0.4, -0.2) is 43.3 Å². The van der Waals surface area contributed by atoms with Gasteiger partial charge >= 0.3 is 0 Å². The van der Waals surface area contributed by atoms with Crippen molar-refractivity contribution in [3.8, 4) is 0 Å². The summed E-state index contributed by atoms with van der Waals surface area (Å²) >= 11 is 0. The molecule has 110 valence electrons. The Morgan fingerprint density at radius 3 is 2.50 bits per heavy atom. The van der Waals surface area contributed by atoms with Gasteiger partial charge < -0.3 is 4.90 Å². The van der Waals surface area contributed by atoms with E-state index in [4.69, 9.17) is 0 Å². The third-order valence-corrected chi connectivity index (χ3v) is 5.22. The second-order valence-electron chi connectivity index (χ2n) is 5.06. The van der Waals surface area contributed by atoms with Crippen LogP contribution in [0.1, 0.15) is 30.1 Å². The van der Waals surface area contributed by atoms with Crippen molar-refractivity contribution >= 4 is 15.7 Å². The molecule has 1 aromatic rings. The summed E-state index contributed by atoms with van der Waals surface area (Å²) in [5, 5.41) is 0. The molecule has 1 fully saturated rings. The quantitative estimate of drug-likeness (QED) is 0.853. The van der Waals surface area contributed by atoms with E-state index in [1.807, 2.05) is 6.92 Å². The van der Waals surface area contributed by atoms with Gasteiger partial charge in [0.15, 0.2) is 9.84 Å². The van der Waals surface area contributed by atoms with Crippen LogP contribution >= 0.6 is 0 Å². The molecule has 1 atom stereocenters. The van der Waals surface area contributed by atoms with Gasteiger partial charge in [0, 0.05) is 18.2 Å². The summed E-state index contributed by atoms with van der Waals surface area (Å²) in [6.07, 6.45) is 1.23. The van der Waals surface area contributed by atoms with Crippen LogP contribution in [0.2, 0.25) is 0 Å². The Balaban J connectivity index is 2.20. The lowest BCUT2D eigenvalue weighted by atomic mass is 10.1. The molecule has 0 aromatic heterocycles. The van der Waals surface area contributed by atoms with Crippen LogP contribution in [0, 0.1) is 5.82 Å². The molecule has 1 heterocycles. The maximum absolute atomic E-state index is 12.9. The fraction of sp³-hybridized carbons (Fsp3) is 0.500. The molecule has 6 heteroatoms. The summed E-state index contributed by atoms with van der Waals surface area (Å²) < 4.78 is 36.0. The van der Waals surface area contributed by atoms with E-state index in [1.165, 1.54) is 24.3 Å². The number of hydrogen-bond donors (Lipinski definition) is 0. The third-order valence-electron chi connectivity index (χ3n) is 3.47. The smallest absolute Gasteiger partial charge is 0.254 e. The zero-order valence-corrected chi connectivity index (χ0v) is 12.2. The van der Waals surface area contributed by atoms with Gasteiger partial charge in [0.2, 0.25) is 0 Å². The van der Waals surface area contributed by atoms with Gasteiger partial charge in [0.25, 0.3) is 5.91 Å². The number of hydrogen-bond acceptors (Lipinski definition) is 3. The number of halogens is 1. The molecule has 2 rings (SSSR count). The topological polar surface area (TPSA) is 54.5 Å². The van der Waals surface area contributed by atoms with Crippen LogP contribution in [0.5, 0.6) is 0 Å². The van der Waals surface area contributed by atoms with Crippen LogP contribution in [0.3, 0.4) is 0 Å². The van der Waals surface area contributed by atoms with Crippen molar-refractivity contribution in [1.82, 2.24) is 4.90 Å².